The van der Waals surface area contributed by atoms with Crippen molar-refractivity contribution in [1.82, 2.24) is 15.5 Å². The SMILES string of the molecule is CCC(C)N1CCC(NCCNC(=O)c2ccccc2)CC1.O=C(O)C(F)(F)F.O=C(O)C(F)(F)F. The first-order valence-electron chi connectivity index (χ1n) is 11.0. The Kier molecular flexibility index (Phi) is 14.7. The summed E-state index contributed by atoms with van der Waals surface area (Å²) in [7, 11) is 0. The van der Waals surface area contributed by atoms with E-state index in [-0.39, 0.29) is 5.91 Å². The summed E-state index contributed by atoms with van der Waals surface area (Å²) in [6.45, 7) is 8.45. The second-order valence-corrected chi connectivity index (χ2v) is 7.75. The van der Waals surface area contributed by atoms with Crippen molar-refractivity contribution in [2.45, 2.75) is 57.5 Å². The molecular formula is C22H31F6N3O5. The van der Waals surface area contributed by atoms with Gasteiger partial charge in [0.2, 0.25) is 0 Å². The number of benzene rings is 1. The lowest BCUT2D eigenvalue weighted by molar-refractivity contribution is -0.193. The van der Waals surface area contributed by atoms with Gasteiger partial charge in [0.05, 0.1) is 0 Å². The maximum atomic E-state index is 11.9. The number of amides is 1. The molecule has 0 radical (unpaired) electrons. The summed E-state index contributed by atoms with van der Waals surface area (Å²) < 4.78 is 63.5. The summed E-state index contributed by atoms with van der Waals surface area (Å²) in [4.78, 5) is 32.3. The highest BCUT2D eigenvalue weighted by Gasteiger charge is 2.38. The van der Waals surface area contributed by atoms with E-state index in [1.54, 1.807) is 0 Å². The van der Waals surface area contributed by atoms with Crippen LogP contribution in [-0.4, -0.2) is 83.6 Å². The Labute approximate surface area is 204 Å². The third kappa shape index (κ3) is 14.5. The molecule has 14 heteroatoms. The van der Waals surface area contributed by atoms with Gasteiger partial charge in [0, 0.05) is 30.7 Å². The quantitative estimate of drug-likeness (QED) is 0.314. The van der Waals surface area contributed by atoms with Crippen molar-refractivity contribution in [3.8, 4) is 0 Å². The molecular weight excluding hydrogens is 500 g/mol. The van der Waals surface area contributed by atoms with Crippen LogP contribution in [0.1, 0.15) is 43.5 Å². The number of halogens is 6. The molecule has 1 aliphatic heterocycles. The molecule has 1 aliphatic rings. The first kappa shape index (κ1) is 33.1. The molecule has 2 rings (SSSR count). The third-order valence-electron chi connectivity index (χ3n) is 5.11. The summed E-state index contributed by atoms with van der Waals surface area (Å²) in [5.41, 5.74) is 0.726. The van der Waals surface area contributed by atoms with Crippen molar-refractivity contribution >= 4 is 17.8 Å². The Balaban J connectivity index is 0.000000720. The summed E-state index contributed by atoms with van der Waals surface area (Å²) in [5, 5.41) is 20.8. The van der Waals surface area contributed by atoms with Crippen LogP contribution in [-0.2, 0) is 9.59 Å². The van der Waals surface area contributed by atoms with Gasteiger partial charge in [-0.3, -0.25) is 4.79 Å². The number of rotatable bonds is 7. The fraction of sp³-hybridized carbons (Fsp3) is 0.591. The molecule has 1 atom stereocenters. The minimum atomic E-state index is -5.08. The van der Waals surface area contributed by atoms with Gasteiger partial charge in [-0.25, -0.2) is 9.59 Å². The predicted octanol–water partition coefficient (Wildman–Crippen LogP) is 3.54. The standard InChI is InChI=1S/C18H29N3O.2C2HF3O2/c1-3-15(2)21-13-9-17(10-14-21)19-11-12-20-18(22)16-7-5-4-6-8-16;2*3-2(4,5)1(6)7/h4-8,15,17,19H,3,9-14H2,1-2H3,(H,20,22);2*(H,6,7). The number of carboxylic acid groups (broad SMARTS) is 2. The average molecular weight is 531 g/mol. The summed E-state index contributed by atoms with van der Waals surface area (Å²) in [6, 6.07) is 10.7. The van der Waals surface area contributed by atoms with Crippen LogP contribution in [0, 0.1) is 0 Å². The van der Waals surface area contributed by atoms with Crippen molar-refractivity contribution in [2.75, 3.05) is 26.2 Å². The van der Waals surface area contributed by atoms with Crippen LogP contribution in [0.5, 0.6) is 0 Å². The zero-order valence-electron chi connectivity index (χ0n) is 19.8. The topological polar surface area (TPSA) is 119 Å². The normalized spacial score (nSPS) is 15.4. The number of likely N-dealkylation sites (tertiary alicyclic amines) is 1. The zero-order valence-corrected chi connectivity index (χ0v) is 19.8. The average Bonchev–Trinajstić information content (AvgIpc) is 2.81. The maximum absolute atomic E-state index is 11.9. The number of hydrogen-bond acceptors (Lipinski definition) is 5. The Morgan fingerprint density at radius 2 is 1.39 bits per heavy atom. The second-order valence-electron chi connectivity index (χ2n) is 7.75. The van der Waals surface area contributed by atoms with Gasteiger partial charge in [-0.15, -0.1) is 0 Å². The van der Waals surface area contributed by atoms with E-state index in [1.165, 1.54) is 32.4 Å². The molecule has 1 unspecified atom stereocenters. The molecule has 1 amide bonds. The fourth-order valence-electron chi connectivity index (χ4n) is 2.95. The van der Waals surface area contributed by atoms with E-state index in [2.05, 4.69) is 29.4 Å². The monoisotopic (exact) mass is 531 g/mol. The highest BCUT2D eigenvalue weighted by Crippen LogP contribution is 2.15. The van der Waals surface area contributed by atoms with Crippen molar-refractivity contribution in [3.05, 3.63) is 35.9 Å². The van der Waals surface area contributed by atoms with Gasteiger partial charge in [-0.05, 0) is 51.4 Å². The molecule has 8 nitrogen and oxygen atoms in total. The number of hydrogen-bond donors (Lipinski definition) is 4. The molecule has 36 heavy (non-hydrogen) atoms. The van der Waals surface area contributed by atoms with Crippen LogP contribution < -0.4 is 10.6 Å². The molecule has 1 fully saturated rings. The fourth-order valence-corrected chi connectivity index (χ4v) is 2.95. The zero-order chi connectivity index (χ0) is 27.9. The number of carbonyl (C=O) groups excluding carboxylic acids is 1. The second kappa shape index (κ2) is 16.0. The first-order valence-corrected chi connectivity index (χ1v) is 11.0. The Morgan fingerprint density at radius 1 is 0.944 bits per heavy atom. The number of aliphatic carboxylic acids is 2. The van der Waals surface area contributed by atoms with Gasteiger partial charge in [0.15, 0.2) is 0 Å². The molecule has 0 aromatic heterocycles. The van der Waals surface area contributed by atoms with Gasteiger partial charge in [0.1, 0.15) is 0 Å². The first-order chi connectivity index (χ1) is 16.6. The Hall–Kier alpha value is -2.87. The van der Waals surface area contributed by atoms with Crippen LogP contribution in [0.4, 0.5) is 26.3 Å². The van der Waals surface area contributed by atoms with E-state index in [0.29, 0.717) is 18.6 Å². The summed E-state index contributed by atoms with van der Waals surface area (Å²) in [5.74, 6) is -5.51. The van der Waals surface area contributed by atoms with E-state index in [0.717, 1.165) is 12.1 Å². The minimum absolute atomic E-state index is 0.00832. The van der Waals surface area contributed by atoms with Gasteiger partial charge in [-0.2, -0.15) is 26.3 Å². The Bertz CT molecular complexity index is 774. The number of nitrogens with one attached hydrogen (secondary N) is 2. The molecule has 4 N–H and O–H groups in total. The third-order valence-corrected chi connectivity index (χ3v) is 5.11. The van der Waals surface area contributed by atoms with Crippen molar-refractivity contribution in [2.24, 2.45) is 0 Å². The Morgan fingerprint density at radius 3 is 1.78 bits per heavy atom. The van der Waals surface area contributed by atoms with Crippen molar-refractivity contribution in [1.29, 1.82) is 0 Å². The molecule has 206 valence electrons. The summed E-state index contributed by atoms with van der Waals surface area (Å²) in [6.07, 6.45) is -6.53. The highest BCUT2D eigenvalue weighted by molar-refractivity contribution is 5.94. The lowest BCUT2D eigenvalue weighted by Gasteiger charge is -2.36. The number of nitrogens with zero attached hydrogens (tertiary/aromatic N) is 1. The van der Waals surface area contributed by atoms with Crippen molar-refractivity contribution in [3.63, 3.8) is 0 Å². The molecule has 0 bridgehead atoms. The van der Waals surface area contributed by atoms with Crippen LogP contribution in [0.3, 0.4) is 0 Å². The summed E-state index contributed by atoms with van der Waals surface area (Å²) >= 11 is 0. The minimum Gasteiger partial charge on any atom is -0.475 e. The molecule has 0 spiro atoms. The van der Waals surface area contributed by atoms with Gasteiger partial charge < -0.3 is 25.7 Å². The number of piperidine rings is 1. The predicted molar refractivity (Wildman–Crippen MR) is 119 cm³/mol. The van der Waals surface area contributed by atoms with Crippen LogP contribution in [0.25, 0.3) is 0 Å². The van der Waals surface area contributed by atoms with E-state index in [9.17, 15) is 31.1 Å². The van der Waals surface area contributed by atoms with E-state index >= 15 is 0 Å². The van der Waals surface area contributed by atoms with Crippen molar-refractivity contribution < 1.29 is 50.9 Å². The smallest absolute Gasteiger partial charge is 0.475 e. The molecule has 1 heterocycles. The van der Waals surface area contributed by atoms with E-state index in [4.69, 9.17) is 19.8 Å². The molecule has 0 saturated carbocycles. The number of carbonyl (C=O) groups is 3. The van der Waals surface area contributed by atoms with Gasteiger partial charge in [-0.1, -0.05) is 25.1 Å². The lowest BCUT2D eigenvalue weighted by atomic mass is 10.0. The highest BCUT2D eigenvalue weighted by atomic mass is 19.4. The molecule has 1 saturated heterocycles. The van der Waals surface area contributed by atoms with Gasteiger partial charge in [0.25, 0.3) is 5.91 Å². The van der Waals surface area contributed by atoms with E-state index < -0.39 is 24.3 Å². The molecule has 1 aromatic rings. The van der Waals surface area contributed by atoms with Crippen LogP contribution in [0.15, 0.2) is 30.3 Å². The number of carboxylic acids is 2. The lowest BCUT2D eigenvalue weighted by Crippen LogP contribution is -2.47. The maximum Gasteiger partial charge on any atom is 0.490 e. The van der Waals surface area contributed by atoms with E-state index in [1.807, 2.05) is 30.3 Å². The molecule has 1 aromatic carbocycles. The number of alkyl halides is 6. The largest absolute Gasteiger partial charge is 0.490 e. The van der Waals surface area contributed by atoms with Crippen LogP contribution >= 0.6 is 0 Å². The van der Waals surface area contributed by atoms with Crippen LogP contribution in [0.2, 0.25) is 0 Å². The molecule has 0 aliphatic carbocycles. The van der Waals surface area contributed by atoms with Gasteiger partial charge >= 0.3 is 24.3 Å².